The first-order chi connectivity index (χ1) is 12.7. The monoisotopic (exact) mass is 358 g/mol. The highest BCUT2D eigenvalue weighted by atomic mass is 16.2. The van der Waals surface area contributed by atoms with Crippen molar-refractivity contribution >= 4 is 11.8 Å². The Kier molecular flexibility index (Phi) is 5.27. The predicted molar refractivity (Wildman–Crippen MR) is 98.2 cm³/mol. The van der Waals surface area contributed by atoms with Gasteiger partial charge in [-0.2, -0.15) is 5.10 Å². The number of aryl methyl sites for hydroxylation is 1. The topological polar surface area (TPSA) is 58.4 Å². The fourth-order valence-corrected chi connectivity index (χ4v) is 4.47. The van der Waals surface area contributed by atoms with Crippen LogP contribution in [0.4, 0.5) is 0 Å². The lowest BCUT2D eigenvalue weighted by molar-refractivity contribution is -0.144. The second-order valence-corrected chi connectivity index (χ2v) is 8.11. The lowest BCUT2D eigenvalue weighted by Crippen LogP contribution is -2.49. The highest BCUT2D eigenvalue weighted by Crippen LogP contribution is 2.33. The summed E-state index contributed by atoms with van der Waals surface area (Å²) in [6, 6.07) is 2.28. The first-order valence-electron chi connectivity index (χ1n) is 10.3. The zero-order valence-electron chi connectivity index (χ0n) is 15.6. The molecular formula is C20H30N4O2. The first-order valence-corrected chi connectivity index (χ1v) is 10.3. The summed E-state index contributed by atoms with van der Waals surface area (Å²) in [5.41, 5.74) is 0. The summed E-state index contributed by atoms with van der Waals surface area (Å²) in [5.74, 6) is 1.04. The first kappa shape index (κ1) is 17.6. The molecule has 3 aliphatic rings. The van der Waals surface area contributed by atoms with Crippen molar-refractivity contribution in [1.29, 1.82) is 0 Å². The third-order valence-electron chi connectivity index (χ3n) is 6.24. The molecule has 2 saturated heterocycles. The molecule has 2 aliphatic heterocycles. The molecule has 142 valence electrons. The summed E-state index contributed by atoms with van der Waals surface area (Å²) in [5, 5.41) is 4.28. The molecule has 1 aromatic rings. The van der Waals surface area contributed by atoms with Gasteiger partial charge in [0.25, 0.3) is 0 Å². The average Bonchev–Trinajstić information content (AvgIpc) is 3.41. The van der Waals surface area contributed by atoms with Gasteiger partial charge in [-0.1, -0.05) is 0 Å². The van der Waals surface area contributed by atoms with Crippen LogP contribution in [-0.2, 0) is 16.1 Å². The van der Waals surface area contributed by atoms with Crippen LogP contribution in [0.1, 0.15) is 51.4 Å². The summed E-state index contributed by atoms with van der Waals surface area (Å²) in [6.45, 7) is 3.29. The molecule has 0 radical (unpaired) electrons. The van der Waals surface area contributed by atoms with Gasteiger partial charge in [0, 0.05) is 56.5 Å². The number of piperidine rings is 2. The fraction of sp³-hybridized carbons (Fsp3) is 0.750. The minimum Gasteiger partial charge on any atom is -0.342 e. The zero-order valence-corrected chi connectivity index (χ0v) is 15.6. The van der Waals surface area contributed by atoms with E-state index < -0.39 is 0 Å². The SMILES string of the molecule is O=C(C1CC1)N1CCC(C(=O)N2CCCC[C@@H]2CCn2cccn2)CC1. The van der Waals surface area contributed by atoms with Crippen molar-refractivity contribution in [2.75, 3.05) is 19.6 Å². The summed E-state index contributed by atoms with van der Waals surface area (Å²) in [7, 11) is 0. The van der Waals surface area contributed by atoms with Crippen molar-refractivity contribution in [1.82, 2.24) is 19.6 Å². The van der Waals surface area contributed by atoms with E-state index in [9.17, 15) is 9.59 Å². The Bertz CT molecular complexity index is 618. The number of aromatic nitrogens is 2. The third-order valence-corrected chi connectivity index (χ3v) is 6.24. The second kappa shape index (κ2) is 7.80. The van der Waals surface area contributed by atoms with E-state index in [0.29, 0.717) is 17.9 Å². The standard InChI is InChI=1S/C20H30N4O2/c25-19(16-5-6-16)22-13-7-17(8-14-22)20(26)24-12-2-1-4-18(24)9-15-23-11-3-10-21-23/h3,10-11,16-18H,1-2,4-9,12-15H2/t18-/m1/s1. The number of carbonyl (C=O) groups is 2. The molecule has 0 bridgehead atoms. The van der Waals surface area contributed by atoms with Crippen molar-refractivity contribution in [3.8, 4) is 0 Å². The Labute approximate surface area is 155 Å². The lowest BCUT2D eigenvalue weighted by Gasteiger charge is -2.40. The number of rotatable bonds is 5. The van der Waals surface area contributed by atoms with Gasteiger partial charge in [0.1, 0.15) is 0 Å². The van der Waals surface area contributed by atoms with Crippen molar-refractivity contribution in [3.05, 3.63) is 18.5 Å². The van der Waals surface area contributed by atoms with Crippen LogP contribution >= 0.6 is 0 Å². The number of amides is 2. The zero-order chi connectivity index (χ0) is 17.9. The molecule has 1 aliphatic carbocycles. The molecule has 1 atom stereocenters. The van der Waals surface area contributed by atoms with Gasteiger partial charge < -0.3 is 9.80 Å². The average molecular weight is 358 g/mol. The molecule has 3 heterocycles. The van der Waals surface area contributed by atoms with Crippen LogP contribution in [0.5, 0.6) is 0 Å². The number of likely N-dealkylation sites (tertiary alicyclic amines) is 2. The van der Waals surface area contributed by atoms with Crippen molar-refractivity contribution in [2.24, 2.45) is 11.8 Å². The lowest BCUT2D eigenvalue weighted by atomic mass is 9.91. The highest BCUT2D eigenvalue weighted by Gasteiger charge is 2.38. The van der Waals surface area contributed by atoms with Crippen LogP contribution < -0.4 is 0 Å². The molecule has 0 unspecified atom stereocenters. The van der Waals surface area contributed by atoms with Gasteiger partial charge in [-0.3, -0.25) is 14.3 Å². The van der Waals surface area contributed by atoms with Crippen LogP contribution in [0.15, 0.2) is 18.5 Å². The van der Waals surface area contributed by atoms with Gasteiger partial charge >= 0.3 is 0 Å². The number of hydrogen-bond donors (Lipinski definition) is 0. The van der Waals surface area contributed by atoms with Crippen LogP contribution in [0, 0.1) is 11.8 Å². The summed E-state index contributed by atoms with van der Waals surface area (Å²) in [4.78, 5) is 29.5. The Hall–Kier alpha value is -1.85. The minimum absolute atomic E-state index is 0.101. The molecule has 3 fully saturated rings. The molecule has 0 spiro atoms. The van der Waals surface area contributed by atoms with Crippen LogP contribution in [-0.4, -0.2) is 57.1 Å². The molecule has 1 aromatic heterocycles. The van der Waals surface area contributed by atoms with Crippen molar-refractivity contribution < 1.29 is 9.59 Å². The number of carbonyl (C=O) groups excluding carboxylic acids is 2. The number of nitrogens with zero attached hydrogens (tertiary/aromatic N) is 4. The van der Waals surface area contributed by atoms with E-state index >= 15 is 0 Å². The summed E-state index contributed by atoms with van der Waals surface area (Å²) in [6.07, 6.45) is 12.0. The molecule has 2 amide bonds. The molecule has 0 N–H and O–H groups in total. The summed E-state index contributed by atoms with van der Waals surface area (Å²) >= 11 is 0. The van der Waals surface area contributed by atoms with Crippen LogP contribution in [0.3, 0.4) is 0 Å². The Morgan fingerprint density at radius 3 is 2.38 bits per heavy atom. The quantitative estimate of drug-likeness (QED) is 0.811. The maximum absolute atomic E-state index is 13.1. The number of hydrogen-bond acceptors (Lipinski definition) is 3. The normalized spacial score (nSPS) is 24.7. The van der Waals surface area contributed by atoms with E-state index in [4.69, 9.17) is 0 Å². The van der Waals surface area contributed by atoms with Crippen molar-refractivity contribution in [2.45, 2.75) is 64.0 Å². The molecule has 1 saturated carbocycles. The van der Waals surface area contributed by atoms with E-state index in [2.05, 4.69) is 10.00 Å². The molecule has 26 heavy (non-hydrogen) atoms. The van der Waals surface area contributed by atoms with E-state index in [-0.39, 0.29) is 11.8 Å². The maximum atomic E-state index is 13.1. The van der Waals surface area contributed by atoms with Gasteiger partial charge in [-0.05, 0) is 57.4 Å². The van der Waals surface area contributed by atoms with Crippen LogP contribution in [0.2, 0.25) is 0 Å². The molecule has 4 rings (SSSR count). The van der Waals surface area contributed by atoms with E-state index in [1.54, 1.807) is 6.20 Å². The third kappa shape index (κ3) is 3.94. The van der Waals surface area contributed by atoms with E-state index in [1.807, 2.05) is 21.8 Å². The minimum atomic E-state index is 0.101. The molecule has 0 aromatic carbocycles. The second-order valence-electron chi connectivity index (χ2n) is 8.11. The molecule has 6 heteroatoms. The van der Waals surface area contributed by atoms with Crippen molar-refractivity contribution in [3.63, 3.8) is 0 Å². The highest BCUT2D eigenvalue weighted by molar-refractivity contribution is 5.82. The molecule has 6 nitrogen and oxygen atoms in total. The Morgan fingerprint density at radius 1 is 0.923 bits per heavy atom. The van der Waals surface area contributed by atoms with E-state index in [0.717, 1.165) is 71.1 Å². The predicted octanol–water partition coefficient (Wildman–Crippen LogP) is 2.30. The van der Waals surface area contributed by atoms with Crippen LogP contribution in [0.25, 0.3) is 0 Å². The van der Waals surface area contributed by atoms with Gasteiger partial charge in [0.15, 0.2) is 0 Å². The van der Waals surface area contributed by atoms with E-state index in [1.165, 1.54) is 6.42 Å². The summed E-state index contributed by atoms with van der Waals surface area (Å²) < 4.78 is 1.96. The van der Waals surface area contributed by atoms with Gasteiger partial charge in [-0.15, -0.1) is 0 Å². The van der Waals surface area contributed by atoms with Gasteiger partial charge in [0.2, 0.25) is 11.8 Å². The Balaban J connectivity index is 1.31. The van der Waals surface area contributed by atoms with Gasteiger partial charge in [0.05, 0.1) is 0 Å². The smallest absolute Gasteiger partial charge is 0.226 e. The maximum Gasteiger partial charge on any atom is 0.226 e. The molecular weight excluding hydrogens is 328 g/mol. The largest absolute Gasteiger partial charge is 0.342 e. The Morgan fingerprint density at radius 2 is 1.69 bits per heavy atom. The van der Waals surface area contributed by atoms with Gasteiger partial charge in [-0.25, -0.2) is 0 Å². The fourth-order valence-electron chi connectivity index (χ4n) is 4.47.